The second-order valence-corrected chi connectivity index (χ2v) is 5.25. The normalized spacial score (nSPS) is 22.8. The fraction of sp³-hybridized carbons (Fsp3) is 0.467. The number of hydrogen-bond donors (Lipinski definition) is 1. The van der Waals surface area contributed by atoms with E-state index in [2.05, 4.69) is 34.5 Å². The third kappa shape index (κ3) is 2.40. The van der Waals surface area contributed by atoms with Crippen molar-refractivity contribution in [2.45, 2.75) is 38.1 Å². The van der Waals surface area contributed by atoms with Crippen LogP contribution in [0.1, 0.15) is 36.6 Å². The van der Waals surface area contributed by atoms with Crippen LogP contribution in [0.15, 0.2) is 28.8 Å². The summed E-state index contributed by atoms with van der Waals surface area (Å²) in [6.07, 6.45) is 3.53. The zero-order valence-electron chi connectivity index (χ0n) is 11.4. The van der Waals surface area contributed by atoms with Gasteiger partial charge in [0, 0.05) is 11.6 Å². The highest BCUT2D eigenvalue weighted by atomic mass is 16.5. The summed E-state index contributed by atoms with van der Waals surface area (Å²) in [4.78, 5) is 4.57. The maximum atomic E-state index is 5.46. The average Bonchev–Trinajstić information content (AvgIpc) is 3.07. The molecule has 1 aliphatic carbocycles. The smallest absolute Gasteiger partial charge is 0.231 e. The van der Waals surface area contributed by atoms with Gasteiger partial charge in [-0.1, -0.05) is 41.4 Å². The molecule has 1 heterocycles. The summed E-state index contributed by atoms with van der Waals surface area (Å²) in [5.74, 6) is 1.82. The van der Waals surface area contributed by atoms with Crippen LogP contribution in [0.3, 0.4) is 0 Å². The van der Waals surface area contributed by atoms with Crippen molar-refractivity contribution in [2.24, 2.45) is 0 Å². The lowest BCUT2D eigenvalue weighted by Gasteiger charge is -2.14. The van der Waals surface area contributed by atoms with Gasteiger partial charge in [-0.15, -0.1) is 0 Å². The first-order chi connectivity index (χ1) is 9.28. The van der Waals surface area contributed by atoms with Crippen molar-refractivity contribution in [2.75, 3.05) is 7.05 Å². The number of nitrogens with zero attached hydrogens (tertiary/aromatic N) is 2. The molecule has 4 nitrogen and oxygen atoms in total. The number of nitrogens with one attached hydrogen (secondary N) is 1. The molecule has 2 aromatic rings. The molecule has 1 fully saturated rings. The average molecular weight is 257 g/mol. The minimum atomic E-state index is 0.358. The van der Waals surface area contributed by atoms with E-state index in [4.69, 9.17) is 4.52 Å². The molecule has 0 saturated heterocycles. The molecule has 2 unspecified atom stereocenters. The van der Waals surface area contributed by atoms with Crippen LogP contribution in [0.25, 0.3) is 11.4 Å². The number of rotatable bonds is 3. The first-order valence-corrected chi connectivity index (χ1v) is 6.86. The molecular formula is C15H19N3O. The van der Waals surface area contributed by atoms with Gasteiger partial charge in [-0.2, -0.15) is 4.98 Å². The Morgan fingerprint density at radius 2 is 2.00 bits per heavy atom. The summed E-state index contributed by atoms with van der Waals surface area (Å²) in [7, 11) is 2.00. The van der Waals surface area contributed by atoms with Crippen molar-refractivity contribution in [3.63, 3.8) is 0 Å². The SMILES string of the molecule is CNC1CCCC1c1nc(-c2ccc(C)cc2)no1. The van der Waals surface area contributed by atoms with Gasteiger partial charge in [0.15, 0.2) is 0 Å². The standard InChI is InChI=1S/C15H19N3O/c1-10-6-8-11(9-7-10)14-17-15(19-18-14)12-4-3-5-13(12)16-2/h6-9,12-13,16H,3-5H2,1-2H3. The Labute approximate surface area is 113 Å². The molecule has 0 radical (unpaired) electrons. The van der Waals surface area contributed by atoms with Crippen molar-refractivity contribution < 1.29 is 4.52 Å². The Kier molecular flexibility index (Phi) is 3.34. The minimum absolute atomic E-state index is 0.358. The fourth-order valence-electron chi connectivity index (χ4n) is 2.81. The predicted octanol–water partition coefficient (Wildman–Crippen LogP) is 2.90. The van der Waals surface area contributed by atoms with Gasteiger partial charge in [0.2, 0.25) is 11.7 Å². The molecule has 19 heavy (non-hydrogen) atoms. The third-order valence-electron chi connectivity index (χ3n) is 3.96. The Bertz CT molecular complexity index is 547. The molecule has 0 spiro atoms. The monoisotopic (exact) mass is 257 g/mol. The molecule has 0 bridgehead atoms. The first kappa shape index (κ1) is 12.4. The molecule has 1 N–H and O–H groups in total. The minimum Gasteiger partial charge on any atom is -0.339 e. The van der Waals surface area contributed by atoms with Crippen LogP contribution in [0.4, 0.5) is 0 Å². The highest BCUT2D eigenvalue weighted by Crippen LogP contribution is 2.34. The maximum absolute atomic E-state index is 5.46. The summed E-state index contributed by atoms with van der Waals surface area (Å²) in [5.41, 5.74) is 2.25. The van der Waals surface area contributed by atoms with Gasteiger partial charge in [0.05, 0.1) is 5.92 Å². The lowest BCUT2D eigenvalue weighted by Crippen LogP contribution is -2.27. The lowest BCUT2D eigenvalue weighted by atomic mass is 10.0. The number of likely N-dealkylation sites (N-methyl/N-ethyl adjacent to an activating group) is 1. The van der Waals surface area contributed by atoms with Crippen molar-refractivity contribution in [1.82, 2.24) is 15.5 Å². The van der Waals surface area contributed by atoms with E-state index >= 15 is 0 Å². The van der Waals surface area contributed by atoms with Gasteiger partial charge < -0.3 is 9.84 Å². The summed E-state index contributed by atoms with van der Waals surface area (Å²) < 4.78 is 5.46. The van der Waals surface area contributed by atoms with Crippen LogP contribution in [-0.2, 0) is 0 Å². The van der Waals surface area contributed by atoms with Gasteiger partial charge in [0.25, 0.3) is 0 Å². The van der Waals surface area contributed by atoms with Crippen molar-refractivity contribution in [3.05, 3.63) is 35.7 Å². The Hall–Kier alpha value is -1.68. The van der Waals surface area contributed by atoms with E-state index in [0.29, 0.717) is 17.8 Å². The van der Waals surface area contributed by atoms with Gasteiger partial charge in [-0.05, 0) is 26.8 Å². The second kappa shape index (κ2) is 5.13. The van der Waals surface area contributed by atoms with Crippen LogP contribution in [-0.4, -0.2) is 23.2 Å². The fourth-order valence-corrected chi connectivity index (χ4v) is 2.81. The zero-order chi connectivity index (χ0) is 13.2. The maximum Gasteiger partial charge on any atom is 0.231 e. The number of aromatic nitrogens is 2. The largest absolute Gasteiger partial charge is 0.339 e. The predicted molar refractivity (Wildman–Crippen MR) is 73.9 cm³/mol. The molecule has 0 aliphatic heterocycles. The van der Waals surface area contributed by atoms with E-state index in [1.807, 2.05) is 19.2 Å². The van der Waals surface area contributed by atoms with Crippen molar-refractivity contribution >= 4 is 0 Å². The van der Waals surface area contributed by atoms with E-state index < -0.39 is 0 Å². The van der Waals surface area contributed by atoms with E-state index in [0.717, 1.165) is 17.9 Å². The van der Waals surface area contributed by atoms with Crippen molar-refractivity contribution in [3.8, 4) is 11.4 Å². The third-order valence-corrected chi connectivity index (χ3v) is 3.96. The van der Waals surface area contributed by atoms with E-state index in [9.17, 15) is 0 Å². The van der Waals surface area contributed by atoms with Gasteiger partial charge in [-0.3, -0.25) is 0 Å². The zero-order valence-corrected chi connectivity index (χ0v) is 11.4. The Morgan fingerprint density at radius 1 is 1.21 bits per heavy atom. The number of hydrogen-bond acceptors (Lipinski definition) is 4. The topological polar surface area (TPSA) is 51.0 Å². The highest BCUT2D eigenvalue weighted by Gasteiger charge is 2.31. The Balaban J connectivity index is 1.85. The van der Waals surface area contributed by atoms with Gasteiger partial charge in [0.1, 0.15) is 0 Å². The van der Waals surface area contributed by atoms with Crippen LogP contribution < -0.4 is 5.32 Å². The van der Waals surface area contributed by atoms with E-state index in [1.54, 1.807) is 0 Å². The highest BCUT2D eigenvalue weighted by molar-refractivity contribution is 5.54. The molecule has 1 saturated carbocycles. The molecule has 4 heteroatoms. The molecule has 100 valence electrons. The van der Waals surface area contributed by atoms with E-state index in [-0.39, 0.29) is 0 Å². The lowest BCUT2D eigenvalue weighted by molar-refractivity contribution is 0.335. The Morgan fingerprint density at radius 3 is 2.74 bits per heavy atom. The molecule has 3 rings (SSSR count). The van der Waals surface area contributed by atoms with E-state index in [1.165, 1.54) is 18.4 Å². The van der Waals surface area contributed by atoms with Crippen LogP contribution in [0.5, 0.6) is 0 Å². The first-order valence-electron chi connectivity index (χ1n) is 6.86. The molecule has 0 amide bonds. The number of aryl methyl sites for hydroxylation is 1. The summed E-state index contributed by atoms with van der Waals surface area (Å²) in [6, 6.07) is 8.67. The van der Waals surface area contributed by atoms with Crippen LogP contribution in [0, 0.1) is 6.92 Å². The second-order valence-electron chi connectivity index (χ2n) is 5.25. The van der Waals surface area contributed by atoms with Gasteiger partial charge in [-0.25, -0.2) is 0 Å². The van der Waals surface area contributed by atoms with Crippen LogP contribution in [0.2, 0.25) is 0 Å². The molecule has 1 aliphatic rings. The summed E-state index contributed by atoms with van der Waals surface area (Å²) in [5, 5.41) is 7.46. The quantitative estimate of drug-likeness (QED) is 0.918. The molecule has 1 aromatic heterocycles. The summed E-state index contributed by atoms with van der Waals surface area (Å²) in [6.45, 7) is 2.07. The molecule has 2 atom stereocenters. The van der Waals surface area contributed by atoms with Crippen molar-refractivity contribution in [1.29, 1.82) is 0 Å². The van der Waals surface area contributed by atoms with Crippen LogP contribution >= 0.6 is 0 Å². The molecular weight excluding hydrogens is 238 g/mol. The number of benzene rings is 1. The molecule has 1 aromatic carbocycles. The summed E-state index contributed by atoms with van der Waals surface area (Å²) >= 11 is 0. The van der Waals surface area contributed by atoms with Gasteiger partial charge >= 0.3 is 0 Å².